The maximum Gasteiger partial charge on any atom is 0.196 e. The predicted molar refractivity (Wildman–Crippen MR) is 157 cm³/mol. The topological polar surface area (TPSA) is 73.5 Å². The first-order chi connectivity index (χ1) is 18.6. The van der Waals surface area contributed by atoms with Crippen molar-refractivity contribution in [1.82, 2.24) is 19.8 Å². The summed E-state index contributed by atoms with van der Waals surface area (Å²) in [6.07, 6.45) is 4.12. The Morgan fingerprint density at radius 3 is 2.69 bits per heavy atom. The van der Waals surface area contributed by atoms with E-state index in [1.165, 1.54) is 25.0 Å². The van der Waals surface area contributed by atoms with Crippen LogP contribution in [0.25, 0.3) is 11.0 Å². The lowest BCUT2D eigenvalue weighted by molar-refractivity contribution is -0.147. The second-order valence-electron chi connectivity index (χ2n) is 12.6. The van der Waals surface area contributed by atoms with Gasteiger partial charge in [-0.25, -0.2) is 14.4 Å². The van der Waals surface area contributed by atoms with Gasteiger partial charge in [-0.2, -0.15) is 0 Å². The van der Waals surface area contributed by atoms with E-state index in [-0.39, 0.29) is 5.82 Å². The third kappa shape index (κ3) is 4.93. The van der Waals surface area contributed by atoms with Crippen molar-refractivity contribution in [2.75, 3.05) is 19.6 Å². The maximum absolute atomic E-state index is 13.3. The van der Waals surface area contributed by atoms with E-state index in [1.54, 1.807) is 6.07 Å². The molecule has 1 saturated heterocycles. The number of hydrogen-bond acceptors (Lipinski definition) is 3. The van der Waals surface area contributed by atoms with Crippen molar-refractivity contribution in [1.29, 1.82) is 0 Å². The molecule has 3 aromatic rings. The Morgan fingerprint density at radius 2 is 1.97 bits per heavy atom. The second-order valence-corrected chi connectivity index (χ2v) is 13.1. The summed E-state index contributed by atoms with van der Waals surface area (Å²) in [6, 6.07) is 11.6. The molecule has 7 rings (SSSR count). The molecule has 1 aromatic heterocycles. The van der Waals surface area contributed by atoms with Crippen LogP contribution >= 0.6 is 11.6 Å². The molecule has 6 nitrogen and oxygen atoms in total. The van der Waals surface area contributed by atoms with E-state index in [9.17, 15) is 4.39 Å². The number of piperazine rings is 1. The standard InChI is InChI=1S/C31H40ClFN6/c1-18-17-38(11-12-39(18)28-14-21-13-24(19(28)2)31(21,3)4)30(34)35-23-8-9-26-27(16-23)37-29(36-26)10-6-20-5-7-22(33)15-25(20)32/h5,7-9,15-16,18-19,21,24,28H,6,10-14,17H2,1-4H3,(H2,34,35)(H,36,37)/t18-,19+,21-,24-,28-/m0/s1. The summed E-state index contributed by atoms with van der Waals surface area (Å²) in [5.41, 5.74) is 10.6. The molecule has 2 bridgehead atoms. The summed E-state index contributed by atoms with van der Waals surface area (Å²) in [6.45, 7) is 12.6. The molecule has 39 heavy (non-hydrogen) atoms. The number of imidazole rings is 1. The normalized spacial score (nSPS) is 29.0. The van der Waals surface area contributed by atoms with E-state index < -0.39 is 0 Å². The van der Waals surface area contributed by atoms with Gasteiger partial charge in [0.2, 0.25) is 0 Å². The summed E-state index contributed by atoms with van der Waals surface area (Å²) in [5, 5.41) is 0.446. The lowest BCUT2D eigenvalue weighted by Gasteiger charge is -2.64. The van der Waals surface area contributed by atoms with Crippen LogP contribution in [0.4, 0.5) is 10.1 Å². The Kier molecular flexibility index (Phi) is 6.87. The van der Waals surface area contributed by atoms with Gasteiger partial charge in [0.1, 0.15) is 11.6 Å². The average molecular weight is 551 g/mol. The van der Waals surface area contributed by atoms with Gasteiger partial charge < -0.3 is 15.6 Å². The van der Waals surface area contributed by atoms with Gasteiger partial charge in [0.25, 0.3) is 0 Å². The first kappa shape index (κ1) is 26.6. The zero-order valence-corrected chi connectivity index (χ0v) is 24.2. The van der Waals surface area contributed by atoms with Gasteiger partial charge in [-0.3, -0.25) is 4.90 Å². The van der Waals surface area contributed by atoms with Gasteiger partial charge in [0.15, 0.2) is 5.96 Å². The van der Waals surface area contributed by atoms with Gasteiger partial charge in [0, 0.05) is 43.2 Å². The SMILES string of the molecule is C[C@H]1[C@@H](N2CCN(C(N)=Nc3ccc4nc(CCc5ccc(F)cc5Cl)[nH]c4c3)C[C@@H]2C)C[C@@H]2C[C@@H]1C2(C)C. The van der Waals surface area contributed by atoms with Crippen molar-refractivity contribution in [2.24, 2.45) is 33.9 Å². The van der Waals surface area contributed by atoms with Crippen molar-refractivity contribution in [2.45, 2.75) is 65.5 Å². The van der Waals surface area contributed by atoms with E-state index in [0.717, 1.165) is 65.5 Å². The van der Waals surface area contributed by atoms with Crippen molar-refractivity contribution in [3.05, 3.63) is 58.6 Å². The minimum Gasteiger partial charge on any atom is -0.369 e. The summed E-state index contributed by atoms with van der Waals surface area (Å²) in [7, 11) is 0. The number of aromatic amines is 1. The zero-order chi connectivity index (χ0) is 27.5. The van der Waals surface area contributed by atoms with Gasteiger partial charge in [-0.1, -0.05) is 38.4 Å². The number of benzene rings is 2. The Hall–Kier alpha value is -2.64. The molecule has 0 amide bonds. The Morgan fingerprint density at radius 1 is 1.15 bits per heavy atom. The number of halogens is 2. The molecular formula is C31H40ClFN6. The minimum atomic E-state index is -0.324. The van der Waals surface area contributed by atoms with Crippen molar-refractivity contribution >= 4 is 34.3 Å². The summed E-state index contributed by atoms with van der Waals surface area (Å²) in [4.78, 5) is 17.9. The molecule has 3 aliphatic carbocycles. The first-order valence-corrected chi connectivity index (χ1v) is 14.8. The molecular weight excluding hydrogens is 511 g/mol. The number of rotatable bonds is 5. The molecule has 5 atom stereocenters. The fourth-order valence-corrected chi connectivity index (χ4v) is 7.91. The largest absolute Gasteiger partial charge is 0.369 e. The molecule has 3 N–H and O–H groups in total. The monoisotopic (exact) mass is 550 g/mol. The molecule has 0 spiro atoms. The van der Waals surface area contributed by atoms with E-state index in [0.29, 0.717) is 41.3 Å². The van der Waals surface area contributed by atoms with Crippen molar-refractivity contribution in [3.63, 3.8) is 0 Å². The lowest BCUT2D eigenvalue weighted by Crippen LogP contribution is -2.65. The lowest BCUT2D eigenvalue weighted by atomic mass is 9.44. The zero-order valence-electron chi connectivity index (χ0n) is 23.4. The highest BCUT2D eigenvalue weighted by atomic mass is 35.5. The van der Waals surface area contributed by atoms with E-state index >= 15 is 0 Å². The molecule has 208 valence electrons. The number of fused-ring (bicyclic) bond motifs is 3. The highest BCUT2D eigenvalue weighted by molar-refractivity contribution is 6.31. The highest BCUT2D eigenvalue weighted by Crippen LogP contribution is 2.62. The third-order valence-corrected chi connectivity index (χ3v) is 10.5. The molecule has 0 radical (unpaired) electrons. The summed E-state index contributed by atoms with van der Waals surface area (Å²) in [5.74, 6) is 3.60. The summed E-state index contributed by atoms with van der Waals surface area (Å²) >= 11 is 6.18. The number of aryl methyl sites for hydroxylation is 2. The second kappa shape index (κ2) is 10.1. The maximum atomic E-state index is 13.3. The number of guanidine groups is 1. The van der Waals surface area contributed by atoms with E-state index in [2.05, 4.69) is 42.5 Å². The van der Waals surface area contributed by atoms with Crippen molar-refractivity contribution < 1.29 is 4.39 Å². The smallest absolute Gasteiger partial charge is 0.196 e. The minimum absolute atomic E-state index is 0.324. The van der Waals surface area contributed by atoms with Crippen LogP contribution in [-0.4, -0.2) is 57.4 Å². The van der Waals surface area contributed by atoms with Crippen LogP contribution in [0.1, 0.15) is 51.9 Å². The molecule has 0 unspecified atom stereocenters. The Balaban J connectivity index is 1.09. The van der Waals surface area contributed by atoms with Gasteiger partial charge in [0.05, 0.1) is 16.7 Å². The first-order valence-electron chi connectivity index (χ1n) is 14.4. The van der Waals surface area contributed by atoms with Gasteiger partial charge in [-0.05, 0) is 85.3 Å². The number of hydrogen-bond donors (Lipinski definition) is 2. The number of aromatic nitrogens is 2. The number of nitrogens with zero attached hydrogens (tertiary/aromatic N) is 4. The molecule has 4 aliphatic rings. The predicted octanol–water partition coefficient (Wildman–Crippen LogP) is 6.16. The van der Waals surface area contributed by atoms with Crippen LogP contribution in [0, 0.1) is 29.0 Å². The van der Waals surface area contributed by atoms with E-state index in [4.69, 9.17) is 27.3 Å². The van der Waals surface area contributed by atoms with Crippen LogP contribution in [-0.2, 0) is 12.8 Å². The quantitative estimate of drug-likeness (QED) is 0.294. The number of nitrogens with two attached hydrogens (primary N) is 1. The van der Waals surface area contributed by atoms with Crippen LogP contribution < -0.4 is 5.73 Å². The molecule has 4 fully saturated rings. The molecule has 2 aromatic carbocycles. The fraction of sp³-hybridized carbons (Fsp3) is 0.548. The number of nitrogens with one attached hydrogen (secondary N) is 1. The van der Waals surface area contributed by atoms with E-state index in [1.807, 2.05) is 18.2 Å². The van der Waals surface area contributed by atoms with Gasteiger partial charge in [-0.15, -0.1) is 0 Å². The summed E-state index contributed by atoms with van der Waals surface area (Å²) < 4.78 is 13.3. The number of H-pyrrole nitrogens is 1. The molecule has 1 aliphatic heterocycles. The van der Waals surface area contributed by atoms with Crippen LogP contribution in [0.5, 0.6) is 0 Å². The van der Waals surface area contributed by atoms with Crippen LogP contribution in [0.2, 0.25) is 5.02 Å². The van der Waals surface area contributed by atoms with Crippen molar-refractivity contribution in [3.8, 4) is 0 Å². The molecule has 2 heterocycles. The molecule has 8 heteroatoms. The highest BCUT2D eigenvalue weighted by Gasteiger charge is 2.57. The number of aliphatic imine (C=N–C) groups is 1. The average Bonchev–Trinajstić information content (AvgIpc) is 3.30. The molecule has 3 saturated carbocycles. The van der Waals surface area contributed by atoms with Crippen LogP contribution in [0.15, 0.2) is 41.4 Å². The third-order valence-electron chi connectivity index (χ3n) is 10.1. The van der Waals surface area contributed by atoms with Gasteiger partial charge >= 0.3 is 0 Å². The Labute approximate surface area is 235 Å². The van der Waals surface area contributed by atoms with Crippen LogP contribution in [0.3, 0.4) is 0 Å². The Bertz CT molecular complexity index is 1400. The fourth-order valence-electron chi connectivity index (χ4n) is 7.65.